The van der Waals surface area contributed by atoms with E-state index in [9.17, 15) is 8.42 Å². The van der Waals surface area contributed by atoms with Gasteiger partial charge in [-0.25, -0.2) is 8.42 Å². The van der Waals surface area contributed by atoms with Crippen molar-refractivity contribution in [2.75, 3.05) is 12.3 Å². The summed E-state index contributed by atoms with van der Waals surface area (Å²) in [5.74, 6) is 0.251. The first kappa shape index (κ1) is 11.4. The Morgan fingerprint density at radius 3 is 2.67 bits per heavy atom. The summed E-state index contributed by atoms with van der Waals surface area (Å²) < 4.78 is 24.9. The van der Waals surface area contributed by atoms with E-state index >= 15 is 0 Å². The topological polar surface area (TPSA) is 37.4 Å². The summed E-state index contributed by atoms with van der Waals surface area (Å²) in [4.78, 5) is 0. The monoisotopic (exact) mass is 309 g/mol. The van der Waals surface area contributed by atoms with Gasteiger partial charge in [0, 0.05) is 22.6 Å². The van der Waals surface area contributed by atoms with Crippen LogP contribution in [0.25, 0.3) is 0 Å². The Balaban J connectivity index is 2.18. The van der Waals surface area contributed by atoms with Crippen molar-refractivity contribution in [2.45, 2.75) is 6.54 Å². The van der Waals surface area contributed by atoms with E-state index in [-0.39, 0.29) is 5.75 Å². The molecule has 0 bridgehead atoms. The largest absolute Gasteiger partial charge is 0.215 e. The second-order valence-corrected chi connectivity index (χ2v) is 6.80. The van der Waals surface area contributed by atoms with Gasteiger partial charge in [-0.3, -0.25) is 0 Å². The Labute approximate surface area is 102 Å². The number of benzene rings is 1. The van der Waals surface area contributed by atoms with Gasteiger partial charge >= 0.3 is 0 Å². The molecule has 0 unspecified atom stereocenters. The second kappa shape index (κ2) is 4.05. The maximum atomic E-state index is 11.3. The molecular formula is C9H9BrClNO2S. The Kier molecular flexibility index (Phi) is 3.07. The van der Waals surface area contributed by atoms with E-state index < -0.39 is 10.0 Å². The summed E-state index contributed by atoms with van der Waals surface area (Å²) in [6, 6.07) is 5.46. The minimum Gasteiger partial charge on any atom is -0.212 e. The van der Waals surface area contributed by atoms with Crippen LogP contribution in [0.15, 0.2) is 22.7 Å². The summed E-state index contributed by atoms with van der Waals surface area (Å²) in [6.07, 6.45) is 0. The van der Waals surface area contributed by atoms with E-state index in [4.69, 9.17) is 11.6 Å². The second-order valence-electron chi connectivity index (χ2n) is 3.39. The highest BCUT2D eigenvalue weighted by atomic mass is 79.9. The zero-order valence-corrected chi connectivity index (χ0v) is 10.9. The first-order chi connectivity index (χ1) is 6.99. The normalized spacial score (nSPS) is 19.9. The number of nitrogens with zero attached hydrogens (tertiary/aromatic N) is 1. The van der Waals surface area contributed by atoms with Crippen molar-refractivity contribution in [3.8, 4) is 0 Å². The molecule has 0 N–H and O–H groups in total. The fraction of sp³-hybridized carbons (Fsp3) is 0.333. The van der Waals surface area contributed by atoms with Crippen LogP contribution in [0.2, 0.25) is 5.02 Å². The van der Waals surface area contributed by atoms with Gasteiger partial charge in [0.1, 0.15) is 0 Å². The molecule has 0 aromatic heterocycles. The van der Waals surface area contributed by atoms with Gasteiger partial charge in [-0.1, -0.05) is 33.6 Å². The van der Waals surface area contributed by atoms with Gasteiger partial charge in [-0.15, -0.1) is 0 Å². The zero-order chi connectivity index (χ0) is 11.1. The maximum Gasteiger partial charge on any atom is 0.215 e. The third-order valence-corrected chi connectivity index (χ3v) is 5.00. The first-order valence-corrected chi connectivity index (χ1v) is 7.19. The van der Waals surface area contributed by atoms with Gasteiger partial charge in [0.05, 0.1) is 5.75 Å². The van der Waals surface area contributed by atoms with Crippen LogP contribution in [0.4, 0.5) is 0 Å². The molecule has 82 valence electrons. The quantitative estimate of drug-likeness (QED) is 0.840. The molecule has 1 heterocycles. The van der Waals surface area contributed by atoms with Gasteiger partial charge in [-0.2, -0.15) is 4.31 Å². The predicted molar refractivity (Wildman–Crippen MR) is 63.3 cm³/mol. The maximum absolute atomic E-state index is 11.3. The van der Waals surface area contributed by atoms with E-state index in [2.05, 4.69) is 15.9 Å². The fourth-order valence-electron chi connectivity index (χ4n) is 1.39. The minimum atomic E-state index is -2.98. The molecule has 6 heteroatoms. The molecule has 1 aliphatic heterocycles. The minimum absolute atomic E-state index is 0.251. The molecular weight excluding hydrogens is 302 g/mol. The molecule has 3 nitrogen and oxygen atoms in total. The lowest BCUT2D eigenvalue weighted by Crippen LogP contribution is -2.46. The molecule has 1 aliphatic rings. The van der Waals surface area contributed by atoms with E-state index in [1.165, 1.54) is 4.31 Å². The Bertz CT molecular complexity index is 489. The molecule has 1 aromatic rings. The summed E-state index contributed by atoms with van der Waals surface area (Å²) in [5.41, 5.74) is 0.836. The van der Waals surface area contributed by atoms with Crippen molar-refractivity contribution < 1.29 is 8.42 Å². The summed E-state index contributed by atoms with van der Waals surface area (Å²) in [6.45, 7) is 0.961. The Morgan fingerprint density at radius 2 is 2.20 bits per heavy atom. The molecule has 0 radical (unpaired) electrons. The first-order valence-electron chi connectivity index (χ1n) is 4.41. The fourth-order valence-corrected chi connectivity index (χ4v) is 3.19. The van der Waals surface area contributed by atoms with E-state index in [1.54, 1.807) is 6.07 Å². The lowest BCUT2D eigenvalue weighted by Gasteiger charge is -2.30. The van der Waals surface area contributed by atoms with Crippen molar-refractivity contribution in [3.05, 3.63) is 33.3 Å². The van der Waals surface area contributed by atoms with Crippen molar-refractivity contribution in [1.82, 2.24) is 4.31 Å². The number of halogens is 2. The molecule has 2 rings (SSSR count). The van der Waals surface area contributed by atoms with Gasteiger partial charge in [0.25, 0.3) is 0 Å². The van der Waals surface area contributed by atoms with Crippen LogP contribution in [0.3, 0.4) is 0 Å². The van der Waals surface area contributed by atoms with Crippen LogP contribution >= 0.6 is 27.5 Å². The van der Waals surface area contributed by atoms with Crippen LogP contribution in [0.5, 0.6) is 0 Å². The Hall–Kier alpha value is -0.100. The SMILES string of the molecule is O=S1(=O)CCN1Cc1ccc(Br)cc1Cl. The molecule has 0 saturated carbocycles. The highest BCUT2D eigenvalue weighted by Gasteiger charge is 2.32. The smallest absolute Gasteiger partial charge is 0.212 e. The zero-order valence-electron chi connectivity index (χ0n) is 7.78. The van der Waals surface area contributed by atoms with E-state index in [0.717, 1.165) is 10.0 Å². The molecule has 1 aromatic carbocycles. The molecule has 0 spiro atoms. The third-order valence-electron chi connectivity index (χ3n) is 2.35. The number of rotatable bonds is 2. The van der Waals surface area contributed by atoms with Gasteiger partial charge in [-0.05, 0) is 17.7 Å². The summed E-state index contributed by atoms with van der Waals surface area (Å²) in [5, 5.41) is 0.589. The highest BCUT2D eigenvalue weighted by Crippen LogP contribution is 2.25. The van der Waals surface area contributed by atoms with E-state index in [1.807, 2.05) is 12.1 Å². The highest BCUT2D eigenvalue weighted by molar-refractivity contribution is 9.10. The molecule has 0 aliphatic carbocycles. The van der Waals surface area contributed by atoms with Crippen LogP contribution in [0.1, 0.15) is 5.56 Å². The average Bonchev–Trinajstić information content (AvgIpc) is 2.15. The Morgan fingerprint density at radius 1 is 1.47 bits per heavy atom. The average molecular weight is 311 g/mol. The van der Waals surface area contributed by atoms with Crippen molar-refractivity contribution >= 4 is 37.6 Å². The van der Waals surface area contributed by atoms with Crippen LogP contribution in [0, 0.1) is 0 Å². The lowest BCUT2D eigenvalue weighted by molar-refractivity contribution is 0.379. The molecule has 0 atom stereocenters. The summed E-state index contributed by atoms with van der Waals surface area (Å²) in [7, 11) is -2.98. The van der Waals surface area contributed by atoms with E-state index in [0.29, 0.717) is 18.1 Å². The van der Waals surface area contributed by atoms with Crippen LogP contribution in [-0.4, -0.2) is 25.0 Å². The van der Waals surface area contributed by atoms with Gasteiger partial charge in [0.15, 0.2) is 0 Å². The number of sulfonamides is 1. The van der Waals surface area contributed by atoms with Crippen LogP contribution < -0.4 is 0 Å². The van der Waals surface area contributed by atoms with Crippen molar-refractivity contribution in [1.29, 1.82) is 0 Å². The van der Waals surface area contributed by atoms with Crippen LogP contribution in [-0.2, 0) is 16.6 Å². The standard InChI is InChI=1S/C9H9BrClNO2S/c10-8-2-1-7(9(11)5-8)6-12-3-4-15(12,13)14/h1-2,5H,3-4,6H2. The summed E-state index contributed by atoms with van der Waals surface area (Å²) >= 11 is 9.30. The molecule has 1 fully saturated rings. The van der Waals surface area contributed by atoms with Gasteiger partial charge < -0.3 is 0 Å². The molecule has 0 amide bonds. The van der Waals surface area contributed by atoms with Crippen molar-refractivity contribution in [3.63, 3.8) is 0 Å². The third kappa shape index (κ3) is 2.36. The molecule has 15 heavy (non-hydrogen) atoms. The van der Waals surface area contributed by atoms with Crippen molar-refractivity contribution in [2.24, 2.45) is 0 Å². The number of hydrogen-bond acceptors (Lipinski definition) is 2. The number of hydrogen-bond donors (Lipinski definition) is 0. The molecule has 1 saturated heterocycles. The predicted octanol–water partition coefficient (Wildman–Crippen LogP) is 2.25. The lowest BCUT2D eigenvalue weighted by atomic mass is 10.2. The van der Waals surface area contributed by atoms with Gasteiger partial charge in [0.2, 0.25) is 10.0 Å².